The number of alkyl halides is 2. The van der Waals surface area contributed by atoms with Crippen molar-refractivity contribution in [2.45, 2.75) is 37.3 Å². The lowest BCUT2D eigenvalue weighted by atomic mass is 9.91. The minimum atomic E-state index is -2.66. The molecule has 0 aliphatic heterocycles. The number of hydrogen-bond acceptors (Lipinski definition) is 6. The van der Waals surface area contributed by atoms with Crippen LogP contribution in [0.3, 0.4) is 0 Å². The van der Waals surface area contributed by atoms with Crippen LogP contribution in [0.2, 0.25) is 0 Å². The summed E-state index contributed by atoms with van der Waals surface area (Å²) in [7, 11) is 1.49. The van der Waals surface area contributed by atoms with Crippen LogP contribution in [0.15, 0.2) is 48.7 Å². The Hall–Kier alpha value is -4.00. The lowest BCUT2D eigenvalue weighted by Gasteiger charge is -2.34. The van der Waals surface area contributed by atoms with Gasteiger partial charge in [-0.2, -0.15) is 20.3 Å². The summed E-state index contributed by atoms with van der Waals surface area (Å²) in [6, 6.07) is 13.8. The predicted molar refractivity (Wildman–Crippen MR) is 113 cm³/mol. The standard InChI is InChI=1S/C23H21F2N5O3/c1-32-20-7-2-14(8-16(20)11-26)13-30-28-12-19(29-30)21(22(27)31)15-3-5-17(6-4-15)33-18-9-23(24,25)10-18/h2-8,12,18,21H,9-10,13H2,1H3,(H2,27,31). The van der Waals surface area contributed by atoms with Gasteiger partial charge in [0.1, 0.15) is 29.6 Å². The van der Waals surface area contributed by atoms with Crippen molar-refractivity contribution in [1.29, 1.82) is 5.26 Å². The number of nitriles is 1. The van der Waals surface area contributed by atoms with E-state index in [-0.39, 0.29) is 19.4 Å². The van der Waals surface area contributed by atoms with Gasteiger partial charge in [-0.05, 0) is 35.4 Å². The summed E-state index contributed by atoms with van der Waals surface area (Å²) in [5.74, 6) is -3.19. The molecule has 1 amide bonds. The number of nitrogens with two attached hydrogens (primary N) is 1. The van der Waals surface area contributed by atoms with E-state index >= 15 is 0 Å². The monoisotopic (exact) mass is 453 g/mol. The molecule has 0 radical (unpaired) electrons. The Morgan fingerprint density at radius 3 is 2.64 bits per heavy atom. The number of methoxy groups -OCH3 is 1. The molecule has 1 aromatic heterocycles. The summed E-state index contributed by atoms with van der Waals surface area (Å²) in [5.41, 5.74) is 7.76. The highest BCUT2D eigenvalue weighted by Gasteiger charge is 2.47. The molecule has 0 spiro atoms. The van der Waals surface area contributed by atoms with Gasteiger partial charge in [0.2, 0.25) is 5.91 Å². The van der Waals surface area contributed by atoms with Crippen LogP contribution >= 0.6 is 0 Å². The molecule has 10 heteroatoms. The van der Waals surface area contributed by atoms with Crippen LogP contribution in [0.5, 0.6) is 11.5 Å². The molecule has 1 aliphatic carbocycles. The zero-order chi connectivity index (χ0) is 23.6. The van der Waals surface area contributed by atoms with Gasteiger partial charge in [-0.25, -0.2) is 8.78 Å². The molecule has 4 rings (SSSR count). The highest BCUT2D eigenvalue weighted by atomic mass is 19.3. The van der Waals surface area contributed by atoms with Crippen molar-refractivity contribution >= 4 is 5.91 Å². The minimum absolute atomic E-state index is 0.281. The molecule has 33 heavy (non-hydrogen) atoms. The average molecular weight is 453 g/mol. The molecule has 1 saturated carbocycles. The van der Waals surface area contributed by atoms with Gasteiger partial charge >= 0.3 is 0 Å². The van der Waals surface area contributed by atoms with Crippen molar-refractivity contribution in [3.63, 3.8) is 0 Å². The van der Waals surface area contributed by atoms with Crippen molar-refractivity contribution < 1.29 is 23.0 Å². The van der Waals surface area contributed by atoms with E-state index in [1.165, 1.54) is 18.1 Å². The molecule has 1 atom stereocenters. The first-order valence-electron chi connectivity index (χ1n) is 10.2. The van der Waals surface area contributed by atoms with Gasteiger partial charge in [0, 0.05) is 12.8 Å². The number of amides is 1. The highest BCUT2D eigenvalue weighted by Crippen LogP contribution is 2.39. The fourth-order valence-corrected chi connectivity index (χ4v) is 3.73. The molecule has 1 heterocycles. The van der Waals surface area contributed by atoms with E-state index in [9.17, 15) is 18.8 Å². The van der Waals surface area contributed by atoms with Gasteiger partial charge in [-0.15, -0.1) is 0 Å². The van der Waals surface area contributed by atoms with Crippen LogP contribution in [0.1, 0.15) is 41.1 Å². The molecular weight excluding hydrogens is 432 g/mol. The van der Waals surface area contributed by atoms with Gasteiger partial charge in [-0.3, -0.25) is 4.79 Å². The topological polar surface area (TPSA) is 116 Å². The van der Waals surface area contributed by atoms with Crippen LogP contribution in [-0.4, -0.2) is 40.0 Å². The number of nitrogens with zero attached hydrogens (tertiary/aromatic N) is 4. The van der Waals surface area contributed by atoms with E-state index in [1.807, 2.05) is 0 Å². The summed E-state index contributed by atoms with van der Waals surface area (Å²) < 4.78 is 36.6. The van der Waals surface area contributed by atoms with Crippen LogP contribution in [0, 0.1) is 11.3 Å². The molecule has 2 aromatic carbocycles. The summed E-state index contributed by atoms with van der Waals surface area (Å²) in [6.07, 6.45) is 0.347. The van der Waals surface area contributed by atoms with Crippen molar-refractivity contribution in [3.05, 3.63) is 71.0 Å². The van der Waals surface area contributed by atoms with Gasteiger partial charge in [0.05, 0.1) is 31.1 Å². The minimum Gasteiger partial charge on any atom is -0.495 e. The molecule has 1 unspecified atom stereocenters. The number of carbonyl (C=O) groups is 1. The van der Waals surface area contributed by atoms with E-state index < -0.39 is 23.9 Å². The third kappa shape index (κ3) is 4.92. The smallest absolute Gasteiger partial charge is 0.255 e. The predicted octanol–water partition coefficient (Wildman–Crippen LogP) is 3.00. The van der Waals surface area contributed by atoms with Crippen LogP contribution in [0.25, 0.3) is 0 Å². The zero-order valence-electron chi connectivity index (χ0n) is 17.7. The maximum Gasteiger partial charge on any atom is 0.255 e. The molecular formula is C23H21F2N5O3. The van der Waals surface area contributed by atoms with Crippen molar-refractivity contribution in [3.8, 4) is 17.6 Å². The maximum absolute atomic E-state index is 13.0. The summed E-state index contributed by atoms with van der Waals surface area (Å²) in [6.45, 7) is 0.281. The number of primary amides is 1. The van der Waals surface area contributed by atoms with Crippen molar-refractivity contribution in [1.82, 2.24) is 15.0 Å². The Labute approximate surface area is 188 Å². The Bertz CT molecular complexity index is 1200. The second-order valence-electron chi connectivity index (χ2n) is 7.85. The number of ether oxygens (including phenoxy) is 2. The summed E-state index contributed by atoms with van der Waals surface area (Å²) >= 11 is 0. The third-order valence-electron chi connectivity index (χ3n) is 5.41. The molecule has 3 aromatic rings. The molecule has 0 bridgehead atoms. The highest BCUT2D eigenvalue weighted by molar-refractivity contribution is 5.85. The quantitative estimate of drug-likeness (QED) is 0.561. The molecule has 170 valence electrons. The average Bonchev–Trinajstić information content (AvgIpc) is 3.21. The Morgan fingerprint density at radius 1 is 1.30 bits per heavy atom. The van der Waals surface area contributed by atoms with Crippen molar-refractivity contribution in [2.75, 3.05) is 7.11 Å². The molecule has 0 saturated heterocycles. The Morgan fingerprint density at radius 2 is 2.03 bits per heavy atom. The number of rotatable bonds is 8. The largest absolute Gasteiger partial charge is 0.495 e. The first kappa shape index (κ1) is 22.2. The van der Waals surface area contributed by atoms with Crippen molar-refractivity contribution in [2.24, 2.45) is 5.73 Å². The normalized spacial score (nSPS) is 15.8. The molecule has 8 nitrogen and oxygen atoms in total. The number of aromatic nitrogens is 3. The number of hydrogen-bond donors (Lipinski definition) is 1. The fourth-order valence-electron chi connectivity index (χ4n) is 3.73. The van der Waals surface area contributed by atoms with Gasteiger partial charge in [0.15, 0.2) is 0 Å². The van der Waals surface area contributed by atoms with Gasteiger partial charge < -0.3 is 15.2 Å². The molecule has 2 N–H and O–H groups in total. The summed E-state index contributed by atoms with van der Waals surface area (Å²) in [5, 5.41) is 17.9. The summed E-state index contributed by atoms with van der Waals surface area (Å²) in [4.78, 5) is 13.6. The van der Waals surface area contributed by atoms with E-state index in [4.69, 9.17) is 15.2 Å². The first-order valence-corrected chi connectivity index (χ1v) is 10.2. The maximum atomic E-state index is 13.0. The zero-order valence-corrected chi connectivity index (χ0v) is 17.7. The van der Waals surface area contributed by atoms with E-state index in [0.717, 1.165) is 5.56 Å². The van der Waals surface area contributed by atoms with Gasteiger partial charge in [-0.1, -0.05) is 18.2 Å². The molecule has 1 fully saturated rings. The van der Waals surface area contributed by atoms with E-state index in [1.54, 1.807) is 42.5 Å². The second kappa shape index (κ2) is 8.86. The third-order valence-corrected chi connectivity index (χ3v) is 5.41. The van der Waals surface area contributed by atoms with Crippen LogP contribution < -0.4 is 15.2 Å². The van der Waals surface area contributed by atoms with Crippen LogP contribution in [0.4, 0.5) is 8.78 Å². The second-order valence-corrected chi connectivity index (χ2v) is 7.85. The van der Waals surface area contributed by atoms with Gasteiger partial charge in [0.25, 0.3) is 5.92 Å². The lowest BCUT2D eigenvalue weighted by Crippen LogP contribution is -2.43. The fraction of sp³-hybridized carbons (Fsp3) is 0.304. The van der Waals surface area contributed by atoms with E-state index in [2.05, 4.69) is 16.3 Å². The van der Waals surface area contributed by atoms with E-state index in [0.29, 0.717) is 28.3 Å². The Kier molecular flexibility index (Phi) is 5.96. The van der Waals surface area contributed by atoms with Crippen LogP contribution in [-0.2, 0) is 11.3 Å². The SMILES string of the molecule is COc1ccc(Cn2ncc(C(C(N)=O)c3ccc(OC4CC(F)(F)C4)cc3)n2)cc1C#N. The first-order chi connectivity index (χ1) is 15.8. The number of benzene rings is 2. The lowest BCUT2D eigenvalue weighted by molar-refractivity contribution is -0.134. The molecule has 1 aliphatic rings. The Balaban J connectivity index is 1.48. The number of carbonyl (C=O) groups excluding carboxylic acids is 1. The number of halogens is 2.